The summed E-state index contributed by atoms with van der Waals surface area (Å²) in [5.74, 6) is -0.130. The van der Waals surface area contributed by atoms with Crippen molar-refractivity contribution >= 4 is 5.91 Å². The fourth-order valence-electron chi connectivity index (χ4n) is 4.37. The fourth-order valence-corrected chi connectivity index (χ4v) is 4.37. The SMILES string of the molecule is CN(Cc1ccccc1)C(=O)c1nn(C)c2c1CC(NCc1cccc(C(F)(F)F)c1)CC2. The molecule has 2 aromatic carbocycles. The molecule has 4 rings (SSSR count). The third-order valence-corrected chi connectivity index (χ3v) is 6.12. The second kappa shape index (κ2) is 9.39. The molecule has 0 saturated heterocycles. The van der Waals surface area contributed by atoms with Gasteiger partial charge in [0.2, 0.25) is 0 Å². The van der Waals surface area contributed by atoms with Crippen LogP contribution in [0.5, 0.6) is 0 Å². The summed E-state index contributed by atoms with van der Waals surface area (Å²) in [6.45, 7) is 0.823. The van der Waals surface area contributed by atoms with Gasteiger partial charge in [-0.15, -0.1) is 0 Å². The number of aryl methyl sites for hydroxylation is 1. The number of fused-ring (bicyclic) bond motifs is 1. The van der Waals surface area contributed by atoms with Crippen LogP contribution < -0.4 is 5.32 Å². The van der Waals surface area contributed by atoms with Gasteiger partial charge in [-0.3, -0.25) is 9.48 Å². The molecule has 174 valence electrons. The van der Waals surface area contributed by atoms with Crippen LogP contribution in [-0.2, 0) is 39.2 Å². The number of hydrogen-bond acceptors (Lipinski definition) is 3. The minimum absolute atomic E-state index is 0.0576. The molecule has 5 nitrogen and oxygen atoms in total. The molecule has 1 amide bonds. The molecule has 1 aromatic heterocycles. The van der Waals surface area contributed by atoms with Crippen molar-refractivity contribution in [2.45, 2.75) is 44.6 Å². The third kappa shape index (κ3) is 5.27. The van der Waals surface area contributed by atoms with Crippen molar-refractivity contribution in [2.24, 2.45) is 7.05 Å². The number of aromatic nitrogens is 2. The summed E-state index contributed by atoms with van der Waals surface area (Å²) in [6.07, 6.45) is -2.15. The van der Waals surface area contributed by atoms with E-state index >= 15 is 0 Å². The topological polar surface area (TPSA) is 50.2 Å². The second-order valence-corrected chi connectivity index (χ2v) is 8.56. The number of nitrogens with one attached hydrogen (secondary N) is 1. The van der Waals surface area contributed by atoms with Gasteiger partial charge in [0.15, 0.2) is 5.69 Å². The van der Waals surface area contributed by atoms with Crippen LogP contribution in [0.25, 0.3) is 0 Å². The van der Waals surface area contributed by atoms with Gasteiger partial charge in [-0.05, 0) is 36.5 Å². The number of rotatable bonds is 6. The van der Waals surface area contributed by atoms with Crippen LogP contribution in [0, 0.1) is 0 Å². The van der Waals surface area contributed by atoms with Crippen LogP contribution in [0.1, 0.15) is 44.9 Å². The van der Waals surface area contributed by atoms with E-state index in [1.54, 1.807) is 22.7 Å². The molecule has 1 N–H and O–H groups in total. The normalized spacial score (nSPS) is 15.8. The number of benzene rings is 2. The summed E-state index contributed by atoms with van der Waals surface area (Å²) in [4.78, 5) is 14.8. The molecule has 1 atom stereocenters. The van der Waals surface area contributed by atoms with Gasteiger partial charge in [-0.25, -0.2) is 0 Å². The van der Waals surface area contributed by atoms with E-state index in [2.05, 4.69) is 10.4 Å². The highest BCUT2D eigenvalue weighted by Crippen LogP contribution is 2.30. The molecule has 0 aliphatic heterocycles. The maximum atomic E-state index is 13.2. The molecule has 0 radical (unpaired) electrons. The predicted octanol–water partition coefficient (Wildman–Crippen LogP) is 4.36. The van der Waals surface area contributed by atoms with E-state index in [1.807, 2.05) is 37.4 Å². The predicted molar refractivity (Wildman–Crippen MR) is 120 cm³/mol. The Morgan fingerprint density at radius 2 is 1.88 bits per heavy atom. The number of carbonyl (C=O) groups is 1. The first-order valence-corrected chi connectivity index (χ1v) is 11.0. The molecule has 0 fully saturated rings. The largest absolute Gasteiger partial charge is 0.416 e. The molecule has 1 aliphatic carbocycles. The Labute approximate surface area is 191 Å². The van der Waals surface area contributed by atoms with Gasteiger partial charge >= 0.3 is 6.18 Å². The Hall–Kier alpha value is -3.13. The van der Waals surface area contributed by atoms with E-state index in [-0.39, 0.29) is 11.9 Å². The molecule has 1 unspecified atom stereocenters. The van der Waals surface area contributed by atoms with Crippen molar-refractivity contribution in [3.05, 3.63) is 88.2 Å². The molecule has 8 heteroatoms. The molecule has 0 saturated carbocycles. The lowest BCUT2D eigenvalue weighted by Crippen LogP contribution is -2.35. The number of amides is 1. The molecule has 0 bridgehead atoms. The van der Waals surface area contributed by atoms with E-state index < -0.39 is 11.7 Å². The highest BCUT2D eigenvalue weighted by atomic mass is 19.4. The van der Waals surface area contributed by atoms with Crippen molar-refractivity contribution in [3.63, 3.8) is 0 Å². The maximum absolute atomic E-state index is 13.2. The highest BCUT2D eigenvalue weighted by Gasteiger charge is 2.31. The van der Waals surface area contributed by atoms with Crippen LogP contribution in [0.2, 0.25) is 0 Å². The van der Waals surface area contributed by atoms with Crippen molar-refractivity contribution in [1.82, 2.24) is 20.0 Å². The van der Waals surface area contributed by atoms with Crippen LogP contribution >= 0.6 is 0 Å². The van der Waals surface area contributed by atoms with Gasteiger partial charge in [0.1, 0.15) is 0 Å². The van der Waals surface area contributed by atoms with E-state index in [4.69, 9.17) is 0 Å². The number of hydrogen-bond donors (Lipinski definition) is 1. The van der Waals surface area contributed by atoms with E-state index in [9.17, 15) is 18.0 Å². The number of halogens is 3. The number of carbonyl (C=O) groups excluding carboxylic acids is 1. The Balaban J connectivity index is 1.45. The van der Waals surface area contributed by atoms with Gasteiger partial charge in [0.05, 0.1) is 5.56 Å². The Morgan fingerprint density at radius 3 is 2.61 bits per heavy atom. The highest BCUT2D eigenvalue weighted by molar-refractivity contribution is 5.94. The summed E-state index contributed by atoms with van der Waals surface area (Å²) in [6, 6.07) is 15.2. The van der Waals surface area contributed by atoms with Crippen molar-refractivity contribution in [1.29, 1.82) is 0 Å². The summed E-state index contributed by atoms with van der Waals surface area (Å²) >= 11 is 0. The van der Waals surface area contributed by atoms with Gasteiger partial charge in [0, 0.05) is 44.5 Å². The van der Waals surface area contributed by atoms with Crippen molar-refractivity contribution in [3.8, 4) is 0 Å². The molecule has 33 heavy (non-hydrogen) atoms. The van der Waals surface area contributed by atoms with Gasteiger partial charge in [-0.1, -0.05) is 48.5 Å². The molecule has 0 spiro atoms. The van der Waals surface area contributed by atoms with Crippen LogP contribution in [0.3, 0.4) is 0 Å². The van der Waals surface area contributed by atoms with E-state index in [0.29, 0.717) is 30.8 Å². The van der Waals surface area contributed by atoms with E-state index in [0.717, 1.165) is 35.7 Å². The van der Waals surface area contributed by atoms with Crippen molar-refractivity contribution < 1.29 is 18.0 Å². The zero-order valence-corrected chi connectivity index (χ0v) is 18.7. The van der Waals surface area contributed by atoms with Gasteiger partial charge in [0.25, 0.3) is 5.91 Å². The average Bonchev–Trinajstić information content (AvgIpc) is 3.13. The Morgan fingerprint density at radius 1 is 1.15 bits per heavy atom. The lowest BCUT2D eigenvalue weighted by atomic mass is 9.91. The quantitative estimate of drug-likeness (QED) is 0.600. The first-order chi connectivity index (χ1) is 15.7. The lowest BCUT2D eigenvalue weighted by Gasteiger charge is -2.25. The standard InChI is InChI=1S/C25H27F3N4O/c1-31(16-17-7-4-3-5-8-17)24(33)23-21-14-20(11-12-22(21)32(2)30-23)29-15-18-9-6-10-19(13-18)25(26,27)28/h3-10,13,20,29H,11-12,14-16H2,1-2H3. The van der Waals surface area contributed by atoms with Gasteiger partial charge < -0.3 is 10.2 Å². The fraction of sp³-hybridized carbons (Fsp3) is 0.360. The molecule has 1 heterocycles. The van der Waals surface area contributed by atoms with Crippen LogP contribution in [0.4, 0.5) is 13.2 Å². The van der Waals surface area contributed by atoms with Crippen LogP contribution in [0.15, 0.2) is 54.6 Å². The second-order valence-electron chi connectivity index (χ2n) is 8.56. The summed E-state index contributed by atoms with van der Waals surface area (Å²) in [5.41, 5.74) is 3.41. The molecule has 3 aromatic rings. The minimum atomic E-state index is -4.35. The third-order valence-electron chi connectivity index (χ3n) is 6.12. The zero-order valence-electron chi connectivity index (χ0n) is 18.7. The molecular weight excluding hydrogens is 429 g/mol. The van der Waals surface area contributed by atoms with Crippen molar-refractivity contribution in [2.75, 3.05) is 7.05 Å². The first-order valence-electron chi connectivity index (χ1n) is 11.0. The Bertz CT molecular complexity index is 1120. The summed E-state index contributed by atoms with van der Waals surface area (Å²) in [7, 11) is 3.62. The van der Waals surface area contributed by atoms with E-state index in [1.165, 1.54) is 12.1 Å². The first kappa shape index (κ1) is 23.0. The average molecular weight is 457 g/mol. The zero-order chi connectivity index (χ0) is 23.6. The monoisotopic (exact) mass is 456 g/mol. The number of nitrogens with zero attached hydrogens (tertiary/aromatic N) is 3. The molecular formula is C25H27F3N4O. The lowest BCUT2D eigenvalue weighted by molar-refractivity contribution is -0.137. The number of alkyl halides is 3. The summed E-state index contributed by atoms with van der Waals surface area (Å²) < 4.78 is 40.7. The van der Waals surface area contributed by atoms with Gasteiger partial charge in [-0.2, -0.15) is 18.3 Å². The molecule has 1 aliphatic rings. The summed E-state index contributed by atoms with van der Waals surface area (Å²) in [5, 5.41) is 7.89. The maximum Gasteiger partial charge on any atom is 0.416 e. The smallest absolute Gasteiger partial charge is 0.336 e. The Kier molecular flexibility index (Phi) is 6.56. The minimum Gasteiger partial charge on any atom is -0.336 e. The van der Waals surface area contributed by atoms with Crippen LogP contribution in [-0.4, -0.2) is 33.7 Å².